The number of carbonyl (C=O) groups is 2. The molecule has 0 bridgehead atoms. The van der Waals surface area contributed by atoms with Crippen molar-refractivity contribution in [2.45, 2.75) is 64.0 Å². The van der Waals surface area contributed by atoms with Crippen molar-refractivity contribution < 1.29 is 9.59 Å². The standard InChI is InChI=1S/C21H32N4O2/c26-20-10-14-25(16-17-5-3-11-22-15-17)13-4-6-18(9-12-23-20)21(27)24-19-7-1-2-8-19/h3,5,11,15,18-19H,1-2,4,6-10,12-14,16H2,(H,23,26)(H,24,27). The summed E-state index contributed by atoms with van der Waals surface area (Å²) < 4.78 is 0. The van der Waals surface area contributed by atoms with E-state index in [0.29, 0.717) is 19.0 Å². The molecule has 1 saturated heterocycles. The number of rotatable bonds is 4. The van der Waals surface area contributed by atoms with Crippen molar-refractivity contribution in [1.82, 2.24) is 20.5 Å². The van der Waals surface area contributed by atoms with Crippen molar-refractivity contribution in [1.29, 1.82) is 0 Å². The van der Waals surface area contributed by atoms with Crippen molar-refractivity contribution in [3.05, 3.63) is 30.1 Å². The summed E-state index contributed by atoms with van der Waals surface area (Å²) >= 11 is 0. The first-order valence-electron chi connectivity index (χ1n) is 10.4. The second kappa shape index (κ2) is 10.4. The minimum atomic E-state index is -0.00996. The molecular formula is C21H32N4O2. The number of nitrogens with one attached hydrogen (secondary N) is 2. The van der Waals surface area contributed by atoms with Gasteiger partial charge in [-0.05, 0) is 50.3 Å². The molecular weight excluding hydrogens is 340 g/mol. The Hall–Kier alpha value is -1.95. The molecule has 1 aliphatic heterocycles. The summed E-state index contributed by atoms with van der Waals surface area (Å²) in [5, 5.41) is 6.22. The average Bonchev–Trinajstić information content (AvgIpc) is 3.16. The smallest absolute Gasteiger partial charge is 0.223 e. The maximum atomic E-state index is 12.7. The van der Waals surface area contributed by atoms with Crippen LogP contribution in [-0.4, -0.2) is 47.4 Å². The van der Waals surface area contributed by atoms with E-state index in [0.717, 1.165) is 57.3 Å². The quantitative estimate of drug-likeness (QED) is 0.850. The van der Waals surface area contributed by atoms with E-state index < -0.39 is 0 Å². The van der Waals surface area contributed by atoms with Gasteiger partial charge in [-0.15, -0.1) is 0 Å². The Morgan fingerprint density at radius 1 is 1.19 bits per heavy atom. The van der Waals surface area contributed by atoms with Crippen LogP contribution in [0.15, 0.2) is 24.5 Å². The van der Waals surface area contributed by atoms with E-state index in [1.807, 2.05) is 12.3 Å². The topological polar surface area (TPSA) is 74.3 Å². The van der Waals surface area contributed by atoms with E-state index in [4.69, 9.17) is 0 Å². The number of amides is 2. The maximum Gasteiger partial charge on any atom is 0.223 e. The van der Waals surface area contributed by atoms with Crippen LogP contribution in [0.3, 0.4) is 0 Å². The molecule has 0 aromatic carbocycles. The van der Waals surface area contributed by atoms with Crippen LogP contribution in [0.25, 0.3) is 0 Å². The minimum Gasteiger partial charge on any atom is -0.356 e. The highest BCUT2D eigenvalue weighted by Gasteiger charge is 2.24. The molecule has 1 atom stereocenters. The molecule has 1 unspecified atom stereocenters. The van der Waals surface area contributed by atoms with Gasteiger partial charge in [0.1, 0.15) is 0 Å². The molecule has 3 rings (SSSR count). The van der Waals surface area contributed by atoms with E-state index in [-0.39, 0.29) is 17.7 Å². The third-order valence-corrected chi connectivity index (χ3v) is 5.70. The summed E-state index contributed by atoms with van der Waals surface area (Å²) in [6.07, 6.45) is 11.4. The zero-order valence-electron chi connectivity index (χ0n) is 16.2. The highest BCUT2D eigenvalue weighted by molar-refractivity contribution is 5.79. The predicted octanol–water partition coefficient (Wildman–Crippen LogP) is 2.25. The van der Waals surface area contributed by atoms with Gasteiger partial charge < -0.3 is 10.6 Å². The second-order valence-electron chi connectivity index (χ2n) is 7.86. The number of aromatic nitrogens is 1. The Balaban J connectivity index is 1.56. The summed E-state index contributed by atoms with van der Waals surface area (Å²) in [5.74, 6) is 0.237. The van der Waals surface area contributed by atoms with Gasteiger partial charge in [0.25, 0.3) is 0 Å². The molecule has 2 fully saturated rings. The summed E-state index contributed by atoms with van der Waals surface area (Å²) in [4.78, 5) is 31.3. The maximum absolute atomic E-state index is 12.7. The lowest BCUT2D eigenvalue weighted by molar-refractivity contribution is -0.126. The normalized spacial score (nSPS) is 23.4. The fourth-order valence-electron chi connectivity index (χ4n) is 4.11. The van der Waals surface area contributed by atoms with Gasteiger partial charge in [-0.2, -0.15) is 0 Å². The van der Waals surface area contributed by atoms with Crippen LogP contribution in [0, 0.1) is 5.92 Å². The van der Waals surface area contributed by atoms with Gasteiger partial charge in [0, 0.05) is 50.4 Å². The van der Waals surface area contributed by atoms with Crippen molar-refractivity contribution >= 4 is 11.8 Å². The van der Waals surface area contributed by atoms with E-state index in [1.54, 1.807) is 6.20 Å². The van der Waals surface area contributed by atoms with E-state index in [9.17, 15) is 9.59 Å². The Bertz CT molecular complexity index is 601. The van der Waals surface area contributed by atoms with E-state index in [1.165, 1.54) is 12.8 Å². The Kier molecular flexibility index (Phi) is 7.63. The third-order valence-electron chi connectivity index (χ3n) is 5.70. The van der Waals surface area contributed by atoms with Crippen LogP contribution in [-0.2, 0) is 16.1 Å². The lowest BCUT2D eigenvalue weighted by Crippen LogP contribution is -2.38. The molecule has 0 radical (unpaired) electrons. The molecule has 2 amide bonds. The molecule has 27 heavy (non-hydrogen) atoms. The Labute approximate surface area is 162 Å². The fraction of sp³-hybridized carbons (Fsp3) is 0.667. The van der Waals surface area contributed by atoms with Gasteiger partial charge in [-0.3, -0.25) is 19.5 Å². The highest BCUT2D eigenvalue weighted by Crippen LogP contribution is 2.20. The average molecular weight is 373 g/mol. The van der Waals surface area contributed by atoms with Crippen molar-refractivity contribution in [2.75, 3.05) is 19.6 Å². The number of pyridine rings is 1. The first kappa shape index (κ1) is 19.8. The van der Waals surface area contributed by atoms with E-state index >= 15 is 0 Å². The Morgan fingerprint density at radius 3 is 2.81 bits per heavy atom. The second-order valence-corrected chi connectivity index (χ2v) is 7.86. The predicted molar refractivity (Wildman–Crippen MR) is 105 cm³/mol. The van der Waals surface area contributed by atoms with Gasteiger partial charge >= 0.3 is 0 Å². The van der Waals surface area contributed by atoms with Crippen molar-refractivity contribution in [3.63, 3.8) is 0 Å². The SMILES string of the molecule is O=C1CCN(Cc2cccnc2)CCCC(C(=O)NC2CCCC2)CCN1. The first-order chi connectivity index (χ1) is 13.2. The van der Waals surface area contributed by atoms with Crippen LogP contribution in [0.1, 0.15) is 56.9 Å². The van der Waals surface area contributed by atoms with Gasteiger partial charge in [-0.25, -0.2) is 0 Å². The van der Waals surface area contributed by atoms with Crippen LogP contribution in [0.2, 0.25) is 0 Å². The van der Waals surface area contributed by atoms with Gasteiger partial charge in [0.05, 0.1) is 0 Å². The number of carbonyl (C=O) groups excluding carboxylic acids is 2. The van der Waals surface area contributed by atoms with Gasteiger partial charge in [0.15, 0.2) is 0 Å². The fourth-order valence-corrected chi connectivity index (χ4v) is 4.11. The van der Waals surface area contributed by atoms with Gasteiger partial charge in [-0.1, -0.05) is 18.9 Å². The zero-order valence-corrected chi connectivity index (χ0v) is 16.2. The molecule has 2 heterocycles. The van der Waals surface area contributed by atoms with Crippen LogP contribution >= 0.6 is 0 Å². The van der Waals surface area contributed by atoms with Crippen molar-refractivity contribution in [2.24, 2.45) is 5.92 Å². The molecule has 1 aliphatic carbocycles. The summed E-state index contributed by atoms with van der Waals surface area (Å²) in [5.41, 5.74) is 1.16. The molecule has 2 N–H and O–H groups in total. The first-order valence-corrected chi connectivity index (χ1v) is 10.4. The summed E-state index contributed by atoms with van der Waals surface area (Å²) in [7, 11) is 0. The molecule has 0 spiro atoms. The molecule has 2 aliphatic rings. The monoisotopic (exact) mass is 372 g/mol. The number of nitrogens with zero attached hydrogens (tertiary/aromatic N) is 2. The van der Waals surface area contributed by atoms with Crippen molar-refractivity contribution in [3.8, 4) is 0 Å². The largest absolute Gasteiger partial charge is 0.356 e. The van der Waals surface area contributed by atoms with Crippen LogP contribution in [0.5, 0.6) is 0 Å². The Morgan fingerprint density at radius 2 is 2.04 bits per heavy atom. The minimum absolute atomic E-state index is 0.00996. The number of hydrogen-bond acceptors (Lipinski definition) is 4. The number of hydrogen-bond donors (Lipinski definition) is 2. The molecule has 148 valence electrons. The molecule has 1 aromatic rings. The zero-order chi connectivity index (χ0) is 18.9. The van der Waals surface area contributed by atoms with Gasteiger partial charge in [0.2, 0.25) is 11.8 Å². The molecule has 1 aromatic heterocycles. The lowest BCUT2D eigenvalue weighted by atomic mass is 9.97. The highest BCUT2D eigenvalue weighted by atomic mass is 16.2. The summed E-state index contributed by atoms with van der Waals surface area (Å²) in [6.45, 7) is 3.01. The summed E-state index contributed by atoms with van der Waals surface area (Å²) in [6, 6.07) is 4.36. The van der Waals surface area contributed by atoms with Crippen LogP contribution in [0.4, 0.5) is 0 Å². The molecule has 6 heteroatoms. The van der Waals surface area contributed by atoms with Crippen LogP contribution < -0.4 is 10.6 Å². The molecule has 1 saturated carbocycles. The third kappa shape index (κ3) is 6.61. The lowest BCUT2D eigenvalue weighted by Gasteiger charge is -2.23. The van der Waals surface area contributed by atoms with E-state index in [2.05, 4.69) is 26.6 Å². The molecule has 6 nitrogen and oxygen atoms in total.